The van der Waals surface area contributed by atoms with Crippen LogP contribution in [0, 0.1) is 28.9 Å². The van der Waals surface area contributed by atoms with Gasteiger partial charge in [0, 0.05) is 6.04 Å². The molecule has 1 atom stereocenters. The third kappa shape index (κ3) is 3.19. The monoisotopic (exact) mass is 266 g/mol. The Morgan fingerprint density at radius 2 is 2.05 bits per heavy atom. The Kier molecular flexibility index (Phi) is 3.65. The van der Waals surface area contributed by atoms with Crippen molar-refractivity contribution in [3.05, 3.63) is 29.3 Å². The maximum Gasteiger partial charge on any atom is 0.305 e. The molecule has 100 valence electrons. The van der Waals surface area contributed by atoms with Crippen LogP contribution in [0.15, 0.2) is 12.1 Å². The lowest BCUT2D eigenvalue weighted by molar-refractivity contribution is -0.137. The number of carbonyl (C=O) groups is 1. The average Bonchev–Trinajstić information content (AvgIpc) is 3.15. The van der Waals surface area contributed by atoms with E-state index in [0.29, 0.717) is 0 Å². The number of benzene rings is 1. The maximum atomic E-state index is 13.7. The minimum Gasteiger partial charge on any atom is -0.481 e. The number of anilines is 1. The van der Waals surface area contributed by atoms with Crippen molar-refractivity contribution >= 4 is 11.7 Å². The summed E-state index contributed by atoms with van der Waals surface area (Å²) in [6.45, 7) is 0. The fraction of sp³-hybridized carbons (Fsp3) is 0.385. The fourth-order valence-corrected chi connectivity index (χ4v) is 1.98. The summed E-state index contributed by atoms with van der Waals surface area (Å²) in [6.07, 6.45) is 1.51. The van der Waals surface area contributed by atoms with Crippen LogP contribution in [0.1, 0.15) is 24.8 Å². The van der Waals surface area contributed by atoms with Gasteiger partial charge in [0.1, 0.15) is 5.69 Å². The number of halogens is 2. The first-order chi connectivity index (χ1) is 9.01. The minimum absolute atomic E-state index is 0.109. The van der Waals surface area contributed by atoms with E-state index < -0.39 is 23.6 Å². The summed E-state index contributed by atoms with van der Waals surface area (Å²) in [5, 5.41) is 20.0. The average molecular weight is 266 g/mol. The van der Waals surface area contributed by atoms with Gasteiger partial charge >= 0.3 is 5.97 Å². The Labute approximate surface area is 108 Å². The van der Waals surface area contributed by atoms with Crippen molar-refractivity contribution in [1.82, 2.24) is 0 Å². The number of hydrogen-bond donors (Lipinski definition) is 2. The third-order valence-electron chi connectivity index (χ3n) is 3.09. The van der Waals surface area contributed by atoms with Crippen molar-refractivity contribution < 1.29 is 18.7 Å². The molecule has 0 aromatic heterocycles. The molecule has 2 rings (SSSR count). The molecular formula is C13H12F2N2O2. The van der Waals surface area contributed by atoms with Gasteiger partial charge in [-0.25, -0.2) is 8.78 Å². The van der Waals surface area contributed by atoms with Crippen LogP contribution in [0.4, 0.5) is 14.5 Å². The Hall–Kier alpha value is -2.16. The smallest absolute Gasteiger partial charge is 0.305 e. The predicted molar refractivity (Wildman–Crippen MR) is 63.5 cm³/mol. The zero-order valence-electron chi connectivity index (χ0n) is 9.99. The van der Waals surface area contributed by atoms with Crippen LogP contribution in [0.25, 0.3) is 0 Å². The van der Waals surface area contributed by atoms with E-state index in [1.807, 2.05) is 0 Å². The van der Waals surface area contributed by atoms with Crippen LogP contribution in [-0.4, -0.2) is 17.1 Å². The van der Waals surface area contributed by atoms with Gasteiger partial charge in [-0.1, -0.05) is 0 Å². The minimum atomic E-state index is -1.01. The molecular weight excluding hydrogens is 254 g/mol. The van der Waals surface area contributed by atoms with Gasteiger partial charge in [0.15, 0.2) is 11.6 Å². The van der Waals surface area contributed by atoms with Crippen LogP contribution >= 0.6 is 0 Å². The van der Waals surface area contributed by atoms with Gasteiger partial charge < -0.3 is 10.4 Å². The van der Waals surface area contributed by atoms with Crippen LogP contribution in [0.2, 0.25) is 0 Å². The zero-order valence-corrected chi connectivity index (χ0v) is 9.99. The first-order valence-corrected chi connectivity index (χ1v) is 5.88. The summed E-state index contributed by atoms with van der Waals surface area (Å²) in [4.78, 5) is 10.7. The van der Waals surface area contributed by atoms with Crippen molar-refractivity contribution in [3.8, 4) is 6.07 Å². The predicted octanol–water partition coefficient (Wildman–Crippen LogP) is 2.50. The van der Waals surface area contributed by atoms with Gasteiger partial charge in [-0.15, -0.1) is 0 Å². The van der Waals surface area contributed by atoms with Gasteiger partial charge in [-0.3, -0.25) is 4.79 Å². The number of nitrogens with zero attached hydrogens (tertiary/aromatic N) is 1. The SMILES string of the molecule is N#Cc1cc(F)c(NC(CC(=O)O)C2CC2)c(F)c1. The second kappa shape index (κ2) is 5.22. The summed E-state index contributed by atoms with van der Waals surface area (Å²) in [5.41, 5.74) is -0.473. The number of nitriles is 1. The van der Waals surface area contributed by atoms with Gasteiger partial charge in [0.25, 0.3) is 0 Å². The molecule has 1 fully saturated rings. The van der Waals surface area contributed by atoms with Gasteiger partial charge in [-0.2, -0.15) is 5.26 Å². The molecule has 6 heteroatoms. The summed E-state index contributed by atoms with van der Waals surface area (Å²) < 4.78 is 27.4. The number of carboxylic acids is 1. The molecule has 1 saturated carbocycles. The molecule has 1 unspecified atom stereocenters. The highest BCUT2D eigenvalue weighted by molar-refractivity contribution is 5.68. The quantitative estimate of drug-likeness (QED) is 0.858. The highest BCUT2D eigenvalue weighted by Crippen LogP contribution is 2.36. The molecule has 0 aliphatic heterocycles. The lowest BCUT2D eigenvalue weighted by atomic mass is 10.1. The maximum absolute atomic E-state index is 13.7. The molecule has 0 bridgehead atoms. The van der Waals surface area contributed by atoms with Crippen molar-refractivity contribution in [2.45, 2.75) is 25.3 Å². The van der Waals surface area contributed by atoms with E-state index in [-0.39, 0.29) is 23.6 Å². The molecule has 0 saturated heterocycles. The summed E-state index contributed by atoms with van der Waals surface area (Å²) in [5.74, 6) is -2.65. The third-order valence-corrected chi connectivity index (χ3v) is 3.09. The van der Waals surface area contributed by atoms with Gasteiger partial charge in [0.05, 0.1) is 18.1 Å². The van der Waals surface area contributed by atoms with Crippen LogP contribution in [-0.2, 0) is 4.79 Å². The first kappa shape index (κ1) is 13.3. The number of aliphatic carboxylic acids is 1. The molecule has 2 N–H and O–H groups in total. The molecule has 4 nitrogen and oxygen atoms in total. The van der Waals surface area contributed by atoms with Crippen molar-refractivity contribution in [1.29, 1.82) is 5.26 Å². The van der Waals surface area contributed by atoms with E-state index in [0.717, 1.165) is 25.0 Å². The molecule has 0 radical (unpaired) electrons. The van der Waals surface area contributed by atoms with Crippen LogP contribution < -0.4 is 5.32 Å². The summed E-state index contributed by atoms with van der Waals surface area (Å²) >= 11 is 0. The lowest BCUT2D eigenvalue weighted by Gasteiger charge is -2.18. The van der Waals surface area contributed by atoms with E-state index in [2.05, 4.69) is 5.32 Å². The van der Waals surface area contributed by atoms with Gasteiger partial charge in [0.2, 0.25) is 0 Å². The highest BCUT2D eigenvalue weighted by Gasteiger charge is 2.33. The van der Waals surface area contributed by atoms with Gasteiger partial charge in [-0.05, 0) is 30.9 Å². The molecule has 19 heavy (non-hydrogen) atoms. The number of carboxylic acid groups (broad SMARTS) is 1. The van der Waals surface area contributed by atoms with Crippen molar-refractivity contribution in [2.24, 2.45) is 5.92 Å². The van der Waals surface area contributed by atoms with Crippen molar-refractivity contribution in [3.63, 3.8) is 0 Å². The lowest BCUT2D eigenvalue weighted by Crippen LogP contribution is -2.26. The van der Waals surface area contributed by atoms with E-state index in [4.69, 9.17) is 10.4 Å². The normalized spacial score (nSPS) is 15.6. The van der Waals surface area contributed by atoms with E-state index in [1.54, 1.807) is 6.07 Å². The fourth-order valence-electron chi connectivity index (χ4n) is 1.98. The van der Waals surface area contributed by atoms with E-state index in [1.165, 1.54) is 0 Å². The Balaban J connectivity index is 2.21. The molecule has 0 amide bonds. The van der Waals surface area contributed by atoms with Crippen LogP contribution in [0.5, 0.6) is 0 Å². The molecule has 1 aliphatic carbocycles. The summed E-state index contributed by atoms with van der Waals surface area (Å²) in [7, 11) is 0. The molecule has 0 spiro atoms. The van der Waals surface area contributed by atoms with E-state index in [9.17, 15) is 13.6 Å². The molecule has 1 aliphatic rings. The molecule has 1 aromatic rings. The standard InChI is InChI=1S/C13H12F2N2O2/c14-9-3-7(6-16)4-10(15)13(9)17-11(5-12(18)19)8-1-2-8/h3-4,8,11,17H,1-2,5H2,(H,18,19). The molecule has 0 heterocycles. The Bertz CT molecular complexity index is 527. The largest absolute Gasteiger partial charge is 0.481 e. The highest BCUT2D eigenvalue weighted by atomic mass is 19.1. The summed E-state index contributed by atoms with van der Waals surface area (Å²) in [6, 6.07) is 3.02. The number of hydrogen-bond acceptors (Lipinski definition) is 3. The first-order valence-electron chi connectivity index (χ1n) is 5.88. The second-order valence-electron chi connectivity index (χ2n) is 4.61. The second-order valence-corrected chi connectivity index (χ2v) is 4.61. The number of rotatable bonds is 5. The van der Waals surface area contributed by atoms with E-state index >= 15 is 0 Å². The topological polar surface area (TPSA) is 73.1 Å². The Morgan fingerprint density at radius 1 is 1.47 bits per heavy atom. The van der Waals surface area contributed by atoms with Crippen LogP contribution in [0.3, 0.4) is 0 Å². The molecule has 1 aromatic carbocycles. The van der Waals surface area contributed by atoms with Crippen molar-refractivity contribution in [2.75, 3.05) is 5.32 Å². The zero-order chi connectivity index (χ0) is 14.0. The Morgan fingerprint density at radius 3 is 2.47 bits per heavy atom. The number of nitrogens with one attached hydrogen (secondary N) is 1.